The molecule has 0 bridgehead atoms. The van der Waals surface area contributed by atoms with Gasteiger partial charge in [0.1, 0.15) is 0 Å². The zero-order valence-corrected chi connectivity index (χ0v) is 12.8. The summed E-state index contributed by atoms with van der Waals surface area (Å²) in [6, 6.07) is 14.1. The topological polar surface area (TPSA) is 90.0 Å². The van der Waals surface area contributed by atoms with E-state index in [4.69, 9.17) is 5.73 Å². The summed E-state index contributed by atoms with van der Waals surface area (Å²) in [5.74, 6) is -0.671. The van der Waals surface area contributed by atoms with Gasteiger partial charge in [-0.25, -0.2) is 4.98 Å². The largest absolute Gasteiger partial charge is 0.366 e. The maximum absolute atomic E-state index is 12.2. The first kappa shape index (κ1) is 15.5. The number of benzene rings is 2. The van der Waals surface area contributed by atoms with Crippen LogP contribution in [0.25, 0.3) is 5.69 Å². The molecule has 0 saturated carbocycles. The summed E-state index contributed by atoms with van der Waals surface area (Å²) in [5.41, 5.74) is 7.98. The Morgan fingerprint density at radius 2 is 1.88 bits per heavy atom. The Kier molecular flexibility index (Phi) is 4.38. The van der Waals surface area contributed by atoms with Crippen LogP contribution in [-0.4, -0.2) is 21.4 Å². The van der Waals surface area contributed by atoms with Gasteiger partial charge in [0.25, 0.3) is 5.91 Å². The summed E-state index contributed by atoms with van der Waals surface area (Å²) in [5, 5.41) is 2.83. The summed E-state index contributed by atoms with van der Waals surface area (Å²) >= 11 is 0. The predicted molar refractivity (Wildman–Crippen MR) is 89.7 cm³/mol. The number of nitrogens with zero attached hydrogens (tertiary/aromatic N) is 2. The number of amides is 2. The molecule has 0 aliphatic rings. The van der Waals surface area contributed by atoms with Gasteiger partial charge < -0.3 is 15.6 Å². The van der Waals surface area contributed by atoms with Gasteiger partial charge in [0.15, 0.2) is 0 Å². The Bertz CT molecular complexity index is 855. The molecule has 6 nitrogen and oxygen atoms in total. The number of nitrogens with two attached hydrogens (primary N) is 1. The van der Waals surface area contributed by atoms with Crippen LogP contribution in [0.4, 0.5) is 0 Å². The average molecular weight is 320 g/mol. The molecule has 2 aromatic carbocycles. The van der Waals surface area contributed by atoms with E-state index < -0.39 is 5.91 Å². The van der Waals surface area contributed by atoms with Crippen molar-refractivity contribution in [3.8, 4) is 5.69 Å². The quantitative estimate of drug-likeness (QED) is 0.752. The van der Waals surface area contributed by atoms with Crippen LogP contribution >= 0.6 is 0 Å². The number of imidazole rings is 1. The number of hydrogen-bond acceptors (Lipinski definition) is 3. The highest BCUT2D eigenvalue weighted by Gasteiger charge is 2.07. The van der Waals surface area contributed by atoms with Gasteiger partial charge in [-0.15, -0.1) is 0 Å². The number of primary amides is 1. The van der Waals surface area contributed by atoms with Gasteiger partial charge >= 0.3 is 0 Å². The monoisotopic (exact) mass is 320 g/mol. The van der Waals surface area contributed by atoms with Crippen molar-refractivity contribution in [3.63, 3.8) is 0 Å². The van der Waals surface area contributed by atoms with Crippen LogP contribution in [-0.2, 0) is 6.54 Å². The van der Waals surface area contributed by atoms with Crippen LogP contribution in [0, 0.1) is 0 Å². The first-order valence-electron chi connectivity index (χ1n) is 7.39. The number of aromatic nitrogens is 2. The highest BCUT2D eigenvalue weighted by Crippen LogP contribution is 2.10. The molecule has 0 fully saturated rings. The van der Waals surface area contributed by atoms with Gasteiger partial charge in [0, 0.05) is 35.8 Å². The molecule has 2 amide bonds. The molecular weight excluding hydrogens is 304 g/mol. The lowest BCUT2D eigenvalue weighted by Gasteiger charge is -2.07. The van der Waals surface area contributed by atoms with Gasteiger partial charge in [-0.1, -0.05) is 12.1 Å². The van der Waals surface area contributed by atoms with E-state index in [2.05, 4.69) is 10.3 Å². The Labute approximate surface area is 138 Å². The summed E-state index contributed by atoms with van der Waals surface area (Å²) in [6.45, 7) is 0.323. The molecule has 0 atom stereocenters. The van der Waals surface area contributed by atoms with E-state index in [-0.39, 0.29) is 5.91 Å². The normalized spacial score (nSPS) is 10.3. The molecule has 120 valence electrons. The SMILES string of the molecule is NC(=O)c1cccc(CNC(=O)c2ccc(-n3ccnc3)cc2)c1. The minimum Gasteiger partial charge on any atom is -0.366 e. The predicted octanol–water partition coefficient (Wildman–Crippen LogP) is 1.90. The van der Waals surface area contributed by atoms with Crippen molar-refractivity contribution in [2.75, 3.05) is 0 Å². The van der Waals surface area contributed by atoms with E-state index in [0.717, 1.165) is 11.3 Å². The fourth-order valence-electron chi connectivity index (χ4n) is 2.32. The molecule has 0 aliphatic carbocycles. The Morgan fingerprint density at radius 1 is 1.08 bits per heavy atom. The highest BCUT2D eigenvalue weighted by atomic mass is 16.2. The molecule has 0 saturated heterocycles. The van der Waals surface area contributed by atoms with Crippen LogP contribution < -0.4 is 11.1 Å². The first-order chi connectivity index (χ1) is 11.6. The fraction of sp³-hybridized carbons (Fsp3) is 0.0556. The van der Waals surface area contributed by atoms with E-state index in [1.54, 1.807) is 42.9 Å². The van der Waals surface area contributed by atoms with Gasteiger partial charge in [-0.05, 0) is 42.0 Å². The van der Waals surface area contributed by atoms with E-state index in [1.165, 1.54) is 0 Å². The molecule has 0 radical (unpaired) electrons. The standard InChI is InChI=1S/C18H16N4O2/c19-17(23)15-3-1-2-13(10-15)11-21-18(24)14-4-6-16(7-5-14)22-9-8-20-12-22/h1-10,12H,11H2,(H2,19,23)(H,21,24). The smallest absolute Gasteiger partial charge is 0.251 e. The third kappa shape index (κ3) is 3.49. The van der Waals surface area contributed by atoms with Crippen LogP contribution in [0.1, 0.15) is 26.3 Å². The Morgan fingerprint density at radius 3 is 2.54 bits per heavy atom. The van der Waals surface area contributed by atoms with E-state index in [0.29, 0.717) is 17.7 Å². The molecular formula is C18H16N4O2. The highest BCUT2D eigenvalue weighted by molar-refractivity contribution is 5.94. The minimum absolute atomic E-state index is 0.184. The van der Waals surface area contributed by atoms with Crippen LogP contribution in [0.2, 0.25) is 0 Å². The molecule has 1 heterocycles. The molecule has 0 aliphatic heterocycles. The third-order valence-corrected chi connectivity index (χ3v) is 3.60. The second kappa shape index (κ2) is 6.78. The second-order valence-corrected chi connectivity index (χ2v) is 5.26. The number of carbonyl (C=O) groups is 2. The van der Waals surface area contributed by atoms with Crippen molar-refractivity contribution in [2.24, 2.45) is 5.73 Å². The molecule has 0 unspecified atom stereocenters. The van der Waals surface area contributed by atoms with E-state index in [1.807, 2.05) is 29.0 Å². The number of rotatable bonds is 5. The second-order valence-electron chi connectivity index (χ2n) is 5.26. The Balaban J connectivity index is 1.65. The average Bonchev–Trinajstić information content (AvgIpc) is 3.14. The summed E-state index contributed by atoms with van der Waals surface area (Å²) < 4.78 is 1.86. The molecule has 1 aromatic heterocycles. The fourth-order valence-corrected chi connectivity index (χ4v) is 2.32. The lowest BCUT2D eigenvalue weighted by Crippen LogP contribution is -2.23. The lowest BCUT2D eigenvalue weighted by molar-refractivity contribution is 0.0950. The first-order valence-corrected chi connectivity index (χ1v) is 7.39. The van der Waals surface area contributed by atoms with Crippen molar-refractivity contribution in [2.45, 2.75) is 6.54 Å². The van der Waals surface area contributed by atoms with Gasteiger partial charge in [0.2, 0.25) is 5.91 Å². The van der Waals surface area contributed by atoms with Gasteiger partial charge in [0.05, 0.1) is 6.33 Å². The van der Waals surface area contributed by atoms with Gasteiger partial charge in [-0.3, -0.25) is 9.59 Å². The van der Waals surface area contributed by atoms with Crippen LogP contribution in [0.15, 0.2) is 67.3 Å². The third-order valence-electron chi connectivity index (χ3n) is 3.60. The number of nitrogens with one attached hydrogen (secondary N) is 1. The molecule has 3 N–H and O–H groups in total. The van der Waals surface area contributed by atoms with Crippen LogP contribution in [0.3, 0.4) is 0 Å². The molecule has 0 spiro atoms. The molecule has 24 heavy (non-hydrogen) atoms. The zero-order chi connectivity index (χ0) is 16.9. The lowest BCUT2D eigenvalue weighted by atomic mass is 10.1. The summed E-state index contributed by atoms with van der Waals surface area (Å²) in [7, 11) is 0. The molecule has 3 rings (SSSR count). The maximum Gasteiger partial charge on any atom is 0.251 e. The number of hydrogen-bond donors (Lipinski definition) is 2. The molecule has 6 heteroatoms. The summed E-state index contributed by atoms with van der Waals surface area (Å²) in [4.78, 5) is 27.4. The molecule has 3 aromatic rings. The zero-order valence-electron chi connectivity index (χ0n) is 12.8. The van der Waals surface area contributed by atoms with Gasteiger partial charge in [-0.2, -0.15) is 0 Å². The van der Waals surface area contributed by atoms with Crippen molar-refractivity contribution in [3.05, 3.63) is 83.9 Å². The minimum atomic E-state index is -0.488. The van der Waals surface area contributed by atoms with Crippen molar-refractivity contribution < 1.29 is 9.59 Å². The number of carbonyl (C=O) groups excluding carboxylic acids is 2. The van der Waals surface area contributed by atoms with E-state index in [9.17, 15) is 9.59 Å². The van der Waals surface area contributed by atoms with Crippen molar-refractivity contribution >= 4 is 11.8 Å². The maximum atomic E-state index is 12.2. The van der Waals surface area contributed by atoms with Crippen molar-refractivity contribution in [1.29, 1.82) is 0 Å². The van der Waals surface area contributed by atoms with Crippen molar-refractivity contribution in [1.82, 2.24) is 14.9 Å². The summed E-state index contributed by atoms with van der Waals surface area (Å²) in [6.07, 6.45) is 5.22. The van der Waals surface area contributed by atoms with E-state index >= 15 is 0 Å². The Hall–Kier alpha value is -3.41. The van der Waals surface area contributed by atoms with Crippen LogP contribution in [0.5, 0.6) is 0 Å².